The van der Waals surface area contributed by atoms with Gasteiger partial charge < -0.3 is 24.8 Å². The molecule has 0 aromatic heterocycles. The van der Waals surface area contributed by atoms with E-state index in [0.717, 1.165) is 0 Å². The van der Waals surface area contributed by atoms with Crippen LogP contribution in [0, 0.1) is 5.92 Å². The van der Waals surface area contributed by atoms with Crippen molar-refractivity contribution in [2.45, 2.75) is 19.1 Å². The fourth-order valence-electron chi connectivity index (χ4n) is 2.06. The average molecular weight is 298 g/mol. The minimum atomic E-state index is -1.19. The predicted octanol–water partition coefficient (Wildman–Crippen LogP) is 1.40. The number of carbonyl (C=O) groups is 2. The average Bonchev–Trinajstić information content (AvgIpc) is 2.41. The molecule has 3 N–H and O–H groups in total. The normalized spacial score (nSPS) is 12.3. The number of carboxylic acids is 2. The number of hydrogen-bond donors (Lipinski definition) is 3. The first-order chi connectivity index (χ1) is 9.88. The second-order valence-electron chi connectivity index (χ2n) is 4.52. The zero-order valence-electron chi connectivity index (χ0n) is 11.8. The van der Waals surface area contributed by atoms with E-state index in [1.807, 2.05) is 0 Å². The SMILES string of the molecule is COC(OC)c1cc(O)ccc1C[C@@H](CC(=O)O)C(=O)O. The van der Waals surface area contributed by atoms with Crippen LogP contribution in [0.5, 0.6) is 5.75 Å². The van der Waals surface area contributed by atoms with E-state index in [0.29, 0.717) is 11.1 Å². The fourth-order valence-corrected chi connectivity index (χ4v) is 2.06. The molecule has 0 saturated heterocycles. The first kappa shape index (κ1) is 16.9. The highest BCUT2D eigenvalue weighted by Gasteiger charge is 2.24. The van der Waals surface area contributed by atoms with E-state index in [9.17, 15) is 14.7 Å². The lowest BCUT2D eigenvalue weighted by atomic mass is 9.93. The van der Waals surface area contributed by atoms with Gasteiger partial charge in [0.1, 0.15) is 5.75 Å². The van der Waals surface area contributed by atoms with Gasteiger partial charge in [0.05, 0.1) is 12.3 Å². The molecular formula is C14H18O7. The standard InChI is InChI=1S/C14H18O7/c1-20-14(21-2)11-7-10(15)4-3-8(11)5-9(13(18)19)6-12(16)17/h3-4,7,9,14-15H,5-6H2,1-2H3,(H,16,17)(H,18,19)/t9-/m0/s1. The summed E-state index contributed by atoms with van der Waals surface area (Å²) in [6.07, 6.45) is -1.26. The third-order valence-electron chi connectivity index (χ3n) is 3.05. The number of methoxy groups -OCH3 is 2. The summed E-state index contributed by atoms with van der Waals surface area (Å²) in [5.41, 5.74) is 1.02. The number of phenolic OH excluding ortho intramolecular Hbond substituents is 1. The van der Waals surface area contributed by atoms with Gasteiger partial charge >= 0.3 is 11.9 Å². The number of ether oxygens (including phenoxy) is 2. The lowest BCUT2D eigenvalue weighted by Gasteiger charge is -2.19. The van der Waals surface area contributed by atoms with E-state index >= 15 is 0 Å². The molecule has 116 valence electrons. The summed E-state index contributed by atoms with van der Waals surface area (Å²) < 4.78 is 10.2. The molecule has 0 amide bonds. The summed E-state index contributed by atoms with van der Waals surface area (Å²) in [5.74, 6) is -3.46. The van der Waals surface area contributed by atoms with Crippen LogP contribution in [0.15, 0.2) is 18.2 Å². The Bertz CT molecular complexity index is 508. The summed E-state index contributed by atoms with van der Waals surface area (Å²) in [5, 5.41) is 27.4. The summed E-state index contributed by atoms with van der Waals surface area (Å²) in [6.45, 7) is 0. The van der Waals surface area contributed by atoms with Crippen LogP contribution in [0.3, 0.4) is 0 Å². The van der Waals surface area contributed by atoms with Gasteiger partial charge in [0.2, 0.25) is 0 Å². The van der Waals surface area contributed by atoms with Crippen molar-refractivity contribution in [1.29, 1.82) is 0 Å². The van der Waals surface area contributed by atoms with Gasteiger partial charge in [0, 0.05) is 19.8 Å². The van der Waals surface area contributed by atoms with Crippen molar-refractivity contribution < 1.29 is 34.4 Å². The number of hydrogen-bond acceptors (Lipinski definition) is 5. The molecule has 0 unspecified atom stereocenters. The van der Waals surface area contributed by atoms with E-state index < -0.39 is 30.6 Å². The van der Waals surface area contributed by atoms with Crippen LogP contribution in [0.2, 0.25) is 0 Å². The van der Waals surface area contributed by atoms with E-state index in [-0.39, 0.29) is 12.2 Å². The first-order valence-electron chi connectivity index (χ1n) is 6.21. The van der Waals surface area contributed by atoms with Crippen LogP contribution in [0.1, 0.15) is 23.8 Å². The van der Waals surface area contributed by atoms with Crippen LogP contribution in [0.4, 0.5) is 0 Å². The number of benzene rings is 1. The molecule has 1 atom stereocenters. The van der Waals surface area contributed by atoms with Crippen LogP contribution >= 0.6 is 0 Å². The van der Waals surface area contributed by atoms with E-state index in [2.05, 4.69) is 0 Å². The zero-order valence-corrected chi connectivity index (χ0v) is 11.8. The molecule has 0 spiro atoms. The molecule has 0 radical (unpaired) electrons. The molecule has 0 bridgehead atoms. The van der Waals surface area contributed by atoms with Crippen LogP contribution in [-0.4, -0.2) is 41.5 Å². The molecule has 0 aliphatic rings. The van der Waals surface area contributed by atoms with Gasteiger partial charge in [-0.3, -0.25) is 9.59 Å². The second kappa shape index (κ2) is 7.61. The molecule has 7 heteroatoms. The van der Waals surface area contributed by atoms with Crippen molar-refractivity contribution in [2.24, 2.45) is 5.92 Å². The molecule has 0 aliphatic heterocycles. The maximum Gasteiger partial charge on any atom is 0.307 e. The van der Waals surface area contributed by atoms with Gasteiger partial charge in [-0.25, -0.2) is 0 Å². The van der Waals surface area contributed by atoms with Crippen molar-refractivity contribution in [3.63, 3.8) is 0 Å². The van der Waals surface area contributed by atoms with Crippen LogP contribution in [-0.2, 0) is 25.5 Å². The maximum absolute atomic E-state index is 11.2. The van der Waals surface area contributed by atoms with Crippen molar-refractivity contribution in [3.8, 4) is 5.75 Å². The van der Waals surface area contributed by atoms with Crippen molar-refractivity contribution in [3.05, 3.63) is 29.3 Å². The van der Waals surface area contributed by atoms with Crippen LogP contribution < -0.4 is 0 Å². The number of carboxylic acid groups (broad SMARTS) is 2. The molecule has 1 aromatic carbocycles. The third kappa shape index (κ3) is 4.73. The monoisotopic (exact) mass is 298 g/mol. The Morgan fingerprint density at radius 3 is 2.29 bits per heavy atom. The van der Waals surface area contributed by atoms with E-state index in [1.54, 1.807) is 0 Å². The van der Waals surface area contributed by atoms with Gasteiger partial charge in [0.25, 0.3) is 0 Å². The summed E-state index contributed by atoms with van der Waals surface area (Å²) in [4.78, 5) is 21.9. The number of rotatable bonds is 8. The Kier molecular flexibility index (Phi) is 6.13. The van der Waals surface area contributed by atoms with Gasteiger partial charge in [-0.1, -0.05) is 6.07 Å². The highest BCUT2D eigenvalue weighted by Crippen LogP contribution is 2.28. The molecule has 7 nitrogen and oxygen atoms in total. The largest absolute Gasteiger partial charge is 0.508 e. The molecule has 1 rings (SSSR count). The highest BCUT2D eigenvalue weighted by molar-refractivity contribution is 5.78. The quantitative estimate of drug-likeness (QED) is 0.622. The molecule has 0 aliphatic carbocycles. The summed E-state index contributed by atoms with van der Waals surface area (Å²) in [7, 11) is 2.82. The van der Waals surface area contributed by atoms with E-state index in [4.69, 9.17) is 19.7 Å². The van der Waals surface area contributed by atoms with Gasteiger partial charge in [-0.2, -0.15) is 0 Å². The predicted molar refractivity (Wildman–Crippen MR) is 71.9 cm³/mol. The van der Waals surface area contributed by atoms with Crippen molar-refractivity contribution in [2.75, 3.05) is 14.2 Å². The Balaban J connectivity index is 3.10. The maximum atomic E-state index is 11.2. The molecule has 1 aromatic rings. The number of phenols is 1. The lowest BCUT2D eigenvalue weighted by Crippen LogP contribution is -2.21. The Labute approximate surface area is 121 Å². The smallest absolute Gasteiger partial charge is 0.307 e. The Hall–Kier alpha value is -2.12. The third-order valence-corrected chi connectivity index (χ3v) is 3.05. The molecule has 21 heavy (non-hydrogen) atoms. The minimum Gasteiger partial charge on any atom is -0.508 e. The number of aromatic hydroxyl groups is 1. The van der Waals surface area contributed by atoms with Gasteiger partial charge in [-0.15, -0.1) is 0 Å². The molecule has 0 heterocycles. The highest BCUT2D eigenvalue weighted by atomic mass is 16.7. The summed E-state index contributed by atoms with van der Waals surface area (Å²) in [6, 6.07) is 4.35. The van der Waals surface area contributed by atoms with Gasteiger partial charge in [0.15, 0.2) is 6.29 Å². The van der Waals surface area contributed by atoms with Crippen LogP contribution in [0.25, 0.3) is 0 Å². The Morgan fingerprint density at radius 1 is 1.19 bits per heavy atom. The summed E-state index contributed by atoms with van der Waals surface area (Å²) >= 11 is 0. The second-order valence-corrected chi connectivity index (χ2v) is 4.52. The first-order valence-corrected chi connectivity index (χ1v) is 6.21. The number of aliphatic carboxylic acids is 2. The lowest BCUT2D eigenvalue weighted by molar-refractivity contribution is -0.148. The fraction of sp³-hybridized carbons (Fsp3) is 0.429. The zero-order chi connectivity index (χ0) is 16.0. The van der Waals surface area contributed by atoms with Crippen molar-refractivity contribution in [1.82, 2.24) is 0 Å². The molecule has 0 saturated carbocycles. The topological polar surface area (TPSA) is 113 Å². The minimum absolute atomic E-state index is 0.000463. The van der Waals surface area contributed by atoms with Crippen molar-refractivity contribution >= 4 is 11.9 Å². The van der Waals surface area contributed by atoms with Gasteiger partial charge in [-0.05, 0) is 24.1 Å². The Morgan fingerprint density at radius 2 is 1.81 bits per heavy atom. The van der Waals surface area contributed by atoms with E-state index in [1.165, 1.54) is 32.4 Å². The molecule has 0 fully saturated rings. The molecular weight excluding hydrogens is 280 g/mol.